The molecule has 0 unspecified atom stereocenters. The van der Waals surface area contributed by atoms with Crippen molar-refractivity contribution in [2.24, 2.45) is 0 Å². The quantitative estimate of drug-likeness (QED) is 0.616. The molecule has 4 heteroatoms. The van der Waals surface area contributed by atoms with Crippen LogP contribution in [-0.4, -0.2) is 15.7 Å². The molecule has 0 N–H and O–H groups in total. The van der Waals surface area contributed by atoms with Crippen LogP contribution in [0.2, 0.25) is 0 Å². The average molecular weight is 206 g/mol. The first kappa shape index (κ1) is 5.14. The molecule has 0 aliphatic heterocycles. The Balaban J connectivity index is 3.51. The SMILES string of the molecule is [2H]c1cc(F)c([2H])c(F)c1[As]=O. The molecule has 0 saturated heterocycles. The fourth-order valence-electron chi connectivity index (χ4n) is 0.462. The summed E-state index contributed by atoms with van der Waals surface area (Å²) in [5.41, 5.74) is 0. The second-order valence-corrected chi connectivity index (χ2v) is 2.84. The van der Waals surface area contributed by atoms with Gasteiger partial charge in [-0.1, -0.05) is 0 Å². The molecular formula is C6H3AsF2O. The van der Waals surface area contributed by atoms with Crippen molar-refractivity contribution in [1.82, 2.24) is 0 Å². The first-order valence-electron chi connectivity index (χ1n) is 3.36. The summed E-state index contributed by atoms with van der Waals surface area (Å²) in [5.74, 6) is -2.29. The third-order valence-corrected chi connectivity index (χ3v) is 1.93. The van der Waals surface area contributed by atoms with E-state index in [1.807, 2.05) is 0 Å². The number of rotatable bonds is 1. The minimum absolute atomic E-state index is 0.363. The van der Waals surface area contributed by atoms with Gasteiger partial charge < -0.3 is 0 Å². The number of halogens is 2. The van der Waals surface area contributed by atoms with Gasteiger partial charge in [0.25, 0.3) is 0 Å². The predicted octanol–water partition coefficient (Wildman–Crippen LogP) is 0.640. The summed E-state index contributed by atoms with van der Waals surface area (Å²) in [7, 11) is 0. The molecule has 0 aliphatic rings. The van der Waals surface area contributed by atoms with E-state index in [2.05, 4.69) is 0 Å². The fourth-order valence-corrected chi connectivity index (χ4v) is 0.993. The molecule has 0 aromatic heterocycles. The van der Waals surface area contributed by atoms with Crippen LogP contribution >= 0.6 is 0 Å². The Bertz CT molecular complexity index is 343. The summed E-state index contributed by atoms with van der Waals surface area (Å²) >= 11 is -1.73. The Morgan fingerprint density at radius 3 is 2.90 bits per heavy atom. The van der Waals surface area contributed by atoms with E-state index < -0.39 is 39.4 Å². The molecule has 0 radical (unpaired) electrons. The number of hydrogen-bond acceptors (Lipinski definition) is 1. The van der Waals surface area contributed by atoms with Gasteiger partial charge in [0.2, 0.25) is 0 Å². The van der Waals surface area contributed by atoms with Crippen molar-refractivity contribution in [2.45, 2.75) is 0 Å². The van der Waals surface area contributed by atoms with Gasteiger partial charge in [-0.25, -0.2) is 0 Å². The zero-order chi connectivity index (χ0) is 9.30. The first-order valence-corrected chi connectivity index (χ1v) is 4.07. The standard InChI is InChI=1S/C6H3AsF2O/c8-4-1-2-5(7-10)6(9)3-4/h1-3H/i2D,3D. The van der Waals surface area contributed by atoms with Crippen molar-refractivity contribution in [3.63, 3.8) is 0 Å². The maximum absolute atomic E-state index is 12.8. The molecule has 0 heterocycles. The van der Waals surface area contributed by atoms with Gasteiger partial charge in [0, 0.05) is 0 Å². The van der Waals surface area contributed by atoms with Crippen molar-refractivity contribution in [3.8, 4) is 0 Å². The maximum atomic E-state index is 12.8. The Hall–Kier alpha value is -0.562. The van der Waals surface area contributed by atoms with E-state index in [9.17, 15) is 12.5 Å². The van der Waals surface area contributed by atoms with Gasteiger partial charge in [0.1, 0.15) is 0 Å². The molecule has 0 bridgehead atoms. The topological polar surface area (TPSA) is 17.1 Å². The van der Waals surface area contributed by atoms with Gasteiger partial charge >= 0.3 is 65.1 Å². The number of hydrogen-bond donors (Lipinski definition) is 0. The summed E-state index contributed by atoms with van der Waals surface area (Å²) in [6.45, 7) is 0. The summed E-state index contributed by atoms with van der Waals surface area (Å²) in [6.07, 6.45) is 0. The molecule has 1 rings (SSSR count). The molecule has 1 nitrogen and oxygen atoms in total. The average Bonchev–Trinajstić information content (AvgIpc) is 2.01. The second kappa shape index (κ2) is 3.02. The molecule has 0 amide bonds. The Kier molecular flexibility index (Phi) is 1.55. The monoisotopic (exact) mass is 206 g/mol. The molecule has 0 fully saturated rings. The molecule has 0 aliphatic carbocycles. The second-order valence-electron chi connectivity index (χ2n) is 1.52. The fraction of sp³-hybridized carbons (Fsp3) is 0. The van der Waals surface area contributed by atoms with Crippen molar-refractivity contribution in [2.75, 3.05) is 0 Å². The van der Waals surface area contributed by atoms with Gasteiger partial charge in [0.05, 0.1) is 0 Å². The van der Waals surface area contributed by atoms with Crippen LogP contribution in [0, 0.1) is 11.6 Å². The third-order valence-electron chi connectivity index (χ3n) is 0.864. The van der Waals surface area contributed by atoms with E-state index in [1.54, 1.807) is 0 Å². The molecule has 52 valence electrons. The van der Waals surface area contributed by atoms with E-state index in [1.165, 1.54) is 0 Å². The Morgan fingerprint density at radius 1 is 1.60 bits per heavy atom. The van der Waals surface area contributed by atoms with Crippen LogP contribution < -0.4 is 4.35 Å². The van der Waals surface area contributed by atoms with E-state index in [0.717, 1.165) is 0 Å². The summed E-state index contributed by atoms with van der Waals surface area (Å²) in [4.78, 5) is 0. The van der Waals surface area contributed by atoms with Crippen LogP contribution in [0.25, 0.3) is 0 Å². The van der Waals surface area contributed by atoms with E-state index in [0.29, 0.717) is 6.07 Å². The minimum atomic E-state index is -1.73. The van der Waals surface area contributed by atoms with Crippen LogP contribution in [0.15, 0.2) is 18.2 Å². The first-order chi connectivity index (χ1) is 5.57. The molecule has 0 saturated carbocycles. The zero-order valence-electron chi connectivity index (χ0n) is 6.69. The normalized spacial score (nSPS) is 13.0. The molecular weight excluding hydrogens is 201 g/mol. The summed E-state index contributed by atoms with van der Waals surface area (Å²) < 4.78 is 49.2. The van der Waals surface area contributed by atoms with Crippen LogP contribution in [0.3, 0.4) is 0 Å². The Labute approximate surface area is 65.8 Å². The van der Waals surface area contributed by atoms with Gasteiger partial charge in [-0.2, -0.15) is 0 Å². The number of benzene rings is 1. The van der Waals surface area contributed by atoms with Crippen LogP contribution in [-0.2, 0) is 3.74 Å². The van der Waals surface area contributed by atoms with Crippen LogP contribution in [0.4, 0.5) is 8.78 Å². The molecule has 1 aromatic carbocycles. The van der Waals surface area contributed by atoms with E-state index in [-0.39, 0.29) is 4.35 Å². The van der Waals surface area contributed by atoms with Crippen LogP contribution in [0.5, 0.6) is 0 Å². The Morgan fingerprint density at radius 2 is 2.30 bits per heavy atom. The van der Waals surface area contributed by atoms with Crippen LogP contribution in [0.1, 0.15) is 2.74 Å². The van der Waals surface area contributed by atoms with Crippen molar-refractivity contribution < 1.29 is 15.3 Å². The zero-order valence-corrected chi connectivity index (χ0v) is 6.57. The van der Waals surface area contributed by atoms with Gasteiger partial charge in [-0.15, -0.1) is 0 Å². The van der Waals surface area contributed by atoms with E-state index >= 15 is 0 Å². The van der Waals surface area contributed by atoms with E-state index in [4.69, 9.17) is 2.74 Å². The molecule has 0 spiro atoms. The van der Waals surface area contributed by atoms with Crippen molar-refractivity contribution >= 4 is 20.0 Å². The van der Waals surface area contributed by atoms with Crippen molar-refractivity contribution in [1.29, 1.82) is 0 Å². The summed E-state index contributed by atoms with van der Waals surface area (Å²) in [5, 5.41) is 0. The third kappa shape index (κ3) is 1.48. The van der Waals surface area contributed by atoms with Gasteiger partial charge in [-0.3, -0.25) is 0 Å². The predicted molar refractivity (Wildman–Crippen MR) is 32.4 cm³/mol. The van der Waals surface area contributed by atoms with Gasteiger partial charge in [0.15, 0.2) is 0 Å². The molecule has 10 heavy (non-hydrogen) atoms. The van der Waals surface area contributed by atoms with Gasteiger partial charge in [-0.05, 0) is 0 Å². The summed E-state index contributed by atoms with van der Waals surface area (Å²) in [6, 6.07) is -0.683. The van der Waals surface area contributed by atoms with Crippen molar-refractivity contribution in [3.05, 3.63) is 29.8 Å². The molecule has 0 atom stereocenters. The molecule has 1 aromatic rings.